The predicted octanol–water partition coefficient (Wildman–Crippen LogP) is 2.94. The Balaban J connectivity index is 2.49. The molecule has 0 amide bonds. The molecule has 0 unspecified atom stereocenters. The predicted molar refractivity (Wildman–Crippen MR) is 63.4 cm³/mol. The molecule has 0 bridgehead atoms. The molecule has 0 saturated carbocycles. The monoisotopic (exact) mass is 208 g/mol. The Kier molecular flexibility index (Phi) is 4.95. The van der Waals surface area contributed by atoms with Crippen LogP contribution in [0.25, 0.3) is 0 Å². The third kappa shape index (κ3) is 3.78. The number of rotatable bonds is 6. The molecule has 0 spiro atoms. The highest BCUT2D eigenvalue weighted by Gasteiger charge is 2.04. The highest BCUT2D eigenvalue weighted by Crippen LogP contribution is 2.20. The van der Waals surface area contributed by atoms with Crippen molar-refractivity contribution in [1.82, 2.24) is 4.98 Å². The number of aromatic nitrogens is 1. The van der Waals surface area contributed by atoms with Crippen LogP contribution in [0.4, 0.5) is 5.69 Å². The van der Waals surface area contributed by atoms with E-state index >= 15 is 0 Å². The second kappa shape index (κ2) is 6.27. The second-order valence-electron chi connectivity index (χ2n) is 3.83. The number of pyridine rings is 1. The Morgan fingerprint density at radius 3 is 3.00 bits per heavy atom. The standard InChI is InChI=1S/C12H20N2O/c1-4-6-10(2)9-14-11-7-5-8-13-12(11)15-3/h5,7-8,10,14H,4,6,9H2,1-3H3/t10-/m1/s1. The number of nitrogens with zero attached hydrogens (tertiary/aromatic N) is 1. The van der Waals surface area contributed by atoms with Gasteiger partial charge < -0.3 is 10.1 Å². The summed E-state index contributed by atoms with van der Waals surface area (Å²) in [5.74, 6) is 1.35. The largest absolute Gasteiger partial charge is 0.480 e. The minimum atomic E-state index is 0.668. The van der Waals surface area contributed by atoms with Crippen molar-refractivity contribution in [2.24, 2.45) is 5.92 Å². The fraction of sp³-hybridized carbons (Fsp3) is 0.583. The van der Waals surface area contributed by atoms with Crippen molar-refractivity contribution in [3.63, 3.8) is 0 Å². The average Bonchev–Trinajstić information content (AvgIpc) is 2.27. The van der Waals surface area contributed by atoms with Crippen molar-refractivity contribution in [3.05, 3.63) is 18.3 Å². The molecule has 0 radical (unpaired) electrons. The maximum atomic E-state index is 5.16. The fourth-order valence-electron chi connectivity index (χ4n) is 1.57. The van der Waals surface area contributed by atoms with Gasteiger partial charge in [0.1, 0.15) is 0 Å². The Hall–Kier alpha value is -1.25. The molecule has 1 rings (SSSR count). The van der Waals surface area contributed by atoms with Gasteiger partial charge in [-0.1, -0.05) is 20.3 Å². The van der Waals surface area contributed by atoms with E-state index in [9.17, 15) is 0 Å². The van der Waals surface area contributed by atoms with Crippen LogP contribution in [0.2, 0.25) is 0 Å². The van der Waals surface area contributed by atoms with E-state index in [2.05, 4.69) is 24.1 Å². The molecule has 0 saturated heterocycles. The second-order valence-corrected chi connectivity index (χ2v) is 3.83. The van der Waals surface area contributed by atoms with E-state index in [4.69, 9.17) is 4.74 Å². The average molecular weight is 208 g/mol. The maximum absolute atomic E-state index is 5.16. The van der Waals surface area contributed by atoms with Crippen molar-refractivity contribution in [2.45, 2.75) is 26.7 Å². The highest BCUT2D eigenvalue weighted by molar-refractivity contribution is 5.51. The third-order valence-corrected chi connectivity index (χ3v) is 2.39. The Bertz CT molecular complexity index is 289. The summed E-state index contributed by atoms with van der Waals surface area (Å²) in [7, 11) is 1.64. The van der Waals surface area contributed by atoms with Gasteiger partial charge in [0.05, 0.1) is 12.8 Å². The minimum absolute atomic E-state index is 0.668. The van der Waals surface area contributed by atoms with E-state index in [1.54, 1.807) is 13.3 Å². The van der Waals surface area contributed by atoms with E-state index in [1.807, 2.05) is 12.1 Å². The molecule has 0 aliphatic carbocycles. The Morgan fingerprint density at radius 2 is 2.33 bits per heavy atom. The van der Waals surface area contributed by atoms with Crippen LogP contribution in [-0.2, 0) is 0 Å². The van der Waals surface area contributed by atoms with Gasteiger partial charge in [0.15, 0.2) is 0 Å². The summed E-state index contributed by atoms with van der Waals surface area (Å²) in [6.45, 7) is 5.43. The first kappa shape index (κ1) is 11.8. The molecule has 0 fully saturated rings. The lowest BCUT2D eigenvalue weighted by atomic mass is 10.1. The molecular formula is C12H20N2O. The summed E-state index contributed by atoms with van der Waals surface area (Å²) >= 11 is 0. The summed E-state index contributed by atoms with van der Waals surface area (Å²) in [5, 5.41) is 3.36. The fourth-order valence-corrected chi connectivity index (χ4v) is 1.57. The molecule has 0 aliphatic heterocycles. The van der Waals surface area contributed by atoms with Gasteiger partial charge in [0, 0.05) is 12.7 Å². The molecule has 0 aromatic carbocycles. The highest BCUT2D eigenvalue weighted by atomic mass is 16.5. The lowest BCUT2D eigenvalue weighted by Crippen LogP contribution is -2.11. The summed E-state index contributed by atoms with van der Waals surface area (Å²) in [6.07, 6.45) is 4.21. The lowest BCUT2D eigenvalue weighted by molar-refractivity contribution is 0.399. The minimum Gasteiger partial charge on any atom is -0.480 e. The third-order valence-electron chi connectivity index (χ3n) is 2.39. The normalized spacial score (nSPS) is 12.2. The van der Waals surface area contributed by atoms with Crippen LogP contribution < -0.4 is 10.1 Å². The van der Waals surface area contributed by atoms with Gasteiger partial charge in [-0.2, -0.15) is 0 Å². The summed E-state index contributed by atoms with van der Waals surface area (Å²) < 4.78 is 5.16. The summed E-state index contributed by atoms with van der Waals surface area (Å²) in [4.78, 5) is 4.14. The zero-order valence-electron chi connectivity index (χ0n) is 9.79. The van der Waals surface area contributed by atoms with Gasteiger partial charge in [-0.05, 0) is 24.5 Å². The smallest absolute Gasteiger partial charge is 0.237 e. The van der Waals surface area contributed by atoms with Crippen LogP contribution in [0.3, 0.4) is 0 Å². The first-order chi connectivity index (χ1) is 7.27. The van der Waals surface area contributed by atoms with Gasteiger partial charge >= 0.3 is 0 Å². The van der Waals surface area contributed by atoms with Gasteiger partial charge in [0.2, 0.25) is 5.88 Å². The SMILES string of the molecule is CCC[C@@H](C)CNc1cccnc1OC. The zero-order chi connectivity index (χ0) is 11.1. The lowest BCUT2D eigenvalue weighted by Gasteiger charge is -2.13. The van der Waals surface area contributed by atoms with Crippen molar-refractivity contribution in [1.29, 1.82) is 0 Å². The molecule has 15 heavy (non-hydrogen) atoms. The van der Waals surface area contributed by atoms with Crippen molar-refractivity contribution in [2.75, 3.05) is 19.0 Å². The van der Waals surface area contributed by atoms with Crippen LogP contribution in [0.15, 0.2) is 18.3 Å². The van der Waals surface area contributed by atoms with E-state index in [-0.39, 0.29) is 0 Å². The van der Waals surface area contributed by atoms with Gasteiger partial charge in [-0.15, -0.1) is 0 Å². The molecule has 3 nitrogen and oxygen atoms in total. The number of anilines is 1. The van der Waals surface area contributed by atoms with Crippen LogP contribution in [0, 0.1) is 5.92 Å². The quantitative estimate of drug-likeness (QED) is 0.780. The zero-order valence-corrected chi connectivity index (χ0v) is 9.79. The van der Waals surface area contributed by atoms with Crippen LogP contribution in [0.5, 0.6) is 5.88 Å². The Morgan fingerprint density at radius 1 is 1.53 bits per heavy atom. The van der Waals surface area contributed by atoms with Crippen LogP contribution in [-0.4, -0.2) is 18.6 Å². The van der Waals surface area contributed by atoms with E-state index in [0.717, 1.165) is 12.2 Å². The molecule has 1 heterocycles. The molecular weight excluding hydrogens is 188 g/mol. The first-order valence-corrected chi connectivity index (χ1v) is 5.50. The van der Waals surface area contributed by atoms with Crippen LogP contribution >= 0.6 is 0 Å². The summed E-state index contributed by atoms with van der Waals surface area (Å²) in [6, 6.07) is 3.90. The van der Waals surface area contributed by atoms with E-state index in [1.165, 1.54) is 12.8 Å². The number of methoxy groups -OCH3 is 1. The molecule has 1 N–H and O–H groups in total. The van der Waals surface area contributed by atoms with Crippen molar-refractivity contribution >= 4 is 5.69 Å². The van der Waals surface area contributed by atoms with E-state index < -0.39 is 0 Å². The molecule has 1 aromatic heterocycles. The number of hydrogen-bond acceptors (Lipinski definition) is 3. The van der Waals surface area contributed by atoms with Crippen LogP contribution in [0.1, 0.15) is 26.7 Å². The van der Waals surface area contributed by atoms with E-state index in [0.29, 0.717) is 11.8 Å². The Labute approximate surface area is 91.9 Å². The van der Waals surface area contributed by atoms with Gasteiger partial charge in [-0.25, -0.2) is 4.98 Å². The van der Waals surface area contributed by atoms with Crippen molar-refractivity contribution in [3.8, 4) is 5.88 Å². The first-order valence-electron chi connectivity index (χ1n) is 5.50. The molecule has 1 atom stereocenters. The van der Waals surface area contributed by atoms with Crippen molar-refractivity contribution < 1.29 is 4.74 Å². The molecule has 84 valence electrons. The van der Waals surface area contributed by atoms with Gasteiger partial charge in [-0.3, -0.25) is 0 Å². The summed E-state index contributed by atoms with van der Waals surface area (Å²) in [5.41, 5.74) is 0.975. The molecule has 3 heteroatoms. The molecule has 0 aliphatic rings. The van der Waals surface area contributed by atoms with Gasteiger partial charge in [0.25, 0.3) is 0 Å². The maximum Gasteiger partial charge on any atom is 0.237 e. The topological polar surface area (TPSA) is 34.2 Å². The number of nitrogens with one attached hydrogen (secondary N) is 1. The number of hydrogen-bond donors (Lipinski definition) is 1. The number of ether oxygens (including phenoxy) is 1. The molecule has 1 aromatic rings.